The smallest absolute Gasteiger partial charge is 0.251 e. The molecule has 0 N–H and O–H groups in total. The lowest BCUT2D eigenvalue weighted by molar-refractivity contribution is -0.131. The van der Waals surface area contributed by atoms with Crippen LogP contribution in [0.5, 0.6) is 0 Å². The molecule has 1 fully saturated rings. The third-order valence-corrected chi connectivity index (χ3v) is 2.32. The molecular weight excluding hydrogens is 178 g/mol. The molecule has 0 aromatic rings. The van der Waals surface area contributed by atoms with E-state index in [0.29, 0.717) is 19.3 Å². The second-order valence-corrected chi connectivity index (χ2v) is 3.84. The van der Waals surface area contributed by atoms with Gasteiger partial charge in [-0.05, 0) is 25.2 Å². The second kappa shape index (κ2) is 5.15. The van der Waals surface area contributed by atoms with Crippen molar-refractivity contribution in [3.05, 3.63) is 12.2 Å². The fourth-order valence-corrected chi connectivity index (χ4v) is 1.26. The molecule has 1 saturated carbocycles. The van der Waals surface area contributed by atoms with E-state index in [0.717, 1.165) is 24.8 Å². The summed E-state index contributed by atoms with van der Waals surface area (Å²) in [5.74, 6) is 0.472. The lowest BCUT2D eigenvalue weighted by Crippen LogP contribution is -2.30. The van der Waals surface area contributed by atoms with Gasteiger partial charge < -0.3 is 9.64 Å². The fourth-order valence-electron chi connectivity index (χ4n) is 1.26. The van der Waals surface area contributed by atoms with Crippen molar-refractivity contribution >= 4 is 5.91 Å². The van der Waals surface area contributed by atoms with Crippen molar-refractivity contribution < 1.29 is 9.53 Å². The van der Waals surface area contributed by atoms with Gasteiger partial charge in [0.1, 0.15) is 6.73 Å². The fraction of sp³-hybridized carbons (Fsp3) is 0.727. The predicted octanol–water partition coefficient (Wildman–Crippen LogP) is 1.80. The van der Waals surface area contributed by atoms with Gasteiger partial charge in [-0.15, -0.1) is 0 Å². The largest absolute Gasteiger partial charge is 0.361 e. The molecule has 0 atom stereocenters. The summed E-state index contributed by atoms with van der Waals surface area (Å²) in [5, 5.41) is 0. The zero-order chi connectivity index (χ0) is 10.6. The van der Waals surface area contributed by atoms with Crippen molar-refractivity contribution in [2.24, 2.45) is 5.92 Å². The Labute approximate surface area is 85.7 Å². The van der Waals surface area contributed by atoms with E-state index < -0.39 is 0 Å². The number of amides is 1. The highest BCUT2D eigenvalue weighted by molar-refractivity contribution is 5.93. The molecule has 0 unspecified atom stereocenters. The normalized spacial score (nSPS) is 15.3. The van der Waals surface area contributed by atoms with Crippen LogP contribution in [0.4, 0.5) is 0 Å². The molecule has 1 aliphatic carbocycles. The van der Waals surface area contributed by atoms with Crippen LogP contribution in [0.1, 0.15) is 26.2 Å². The maximum Gasteiger partial charge on any atom is 0.251 e. The highest BCUT2D eigenvalue weighted by atomic mass is 16.5. The Hall–Kier alpha value is -0.830. The number of ether oxygens (including phenoxy) is 1. The molecule has 0 bridgehead atoms. The molecule has 1 rings (SSSR count). The lowest BCUT2D eigenvalue weighted by Gasteiger charge is -2.18. The van der Waals surface area contributed by atoms with Crippen LogP contribution in [0.25, 0.3) is 0 Å². The van der Waals surface area contributed by atoms with Crippen LogP contribution in [-0.4, -0.2) is 31.2 Å². The molecule has 80 valence electrons. The van der Waals surface area contributed by atoms with Gasteiger partial charge in [0.25, 0.3) is 5.91 Å². The first kappa shape index (κ1) is 11.2. The molecule has 3 nitrogen and oxygen atoms in total. The van der Waals surface area contributed by atoms with Crippen LogP contribution < -0.4 is 0 Å². The first-order chi connectivity index (χ1) is 6.66. The monoisotopic (exact) mass is 197 g/mol. The quantitative estimate of drug-likeness (QED) is 0.369. The first-order valence-electron chi connectivity index (χ1n) is 5.18. The van der Waals surface area contributed by atoms with E-state index in [2.05, 4.69) is 6.58 Å². The summed E-state index contributed by atoms with van der Waals surface area (Å²) in [6, 6.07) is 0. The average molecular weight is 197 g/mol. The average Bonchev–Trinajstić information content (AvgIpc) is 2.99. The van der Waals surface area contributed by atoms with Gasteiger partial charge in [0.2, 0.25) is 0 Å². The minimum atomic E-state index is 0.0311. The Bertz CT molecular complexity index is 221. The van der Waals surface area contributed by atoms with Gasteiger partial charge in [0.15, 0.2) is 0 Å². The molecule has 0 aromatic carbocycles. The zero-order valence-corrected chi connectivity index (χ0v) is 9.08. The molecule has 0 heterocycles. The lowest BCUT2D eigenvalue weighted by atomic mass is 10.2. The van der Waals surface area contributed by atoms with Gasteiger partial charge in [0.05, 0.1) is 0 Å². The summed E-state index contributed by atoms with van der Waals surface area (Å²) in [6.07, 6.45) is 3.22. The van der Waals surface area contributed by atoms with E-state index in [1.807, 2.05) is 6.92 Å². The highest BCUT2D eigenvalue weighted by Crippen LogP contribution is 2.36. The Morgan fingerprint density at radius 2 is 2.21 bits per heavy atom. The van der Waals surface area contributed by atoms with E-state index in [-0.39, 0.29) is 5.91 Å². The number of hydrogen-bond donors (Lipinski definition) is 0. The Morgan fingerprint density at radius 3 is 2.71 bits per heavy atom. The van der Waals surface area contributed by atoms with E-state index in [1.54, 1.807) is 11.9 Å². The number of likely N-dealkylation sites (N-methyl/N-ethyl adjacent to an activating group) is 1. The first-order valence-corrected chi connectivity index (χ1v) is 5.18. The van der Waals surface area contributed by atoms with Crippen LogP contribution in [0.2, 0.25) is 0 Å². The summed E-state index contributed by atoms with van der Waals surface area (Å²) >= 11 is 0. The molecule has 1 aliphatic rings. The van der Waals surface area contributed by atoms with Crippen LogP contribution >= 0.6 is 0 Å². The summed E-state index contributed by atoms with van der Waals surface area (Å²) in [4.78, 5) is 13.3. The predicted molar refractivity (Wildman–Crippen MR) is 55.7 cm³/mol. The van der Waals surface area contributed by atoms with Crippen molar-refractivity contribution in [3.63, 3.8) is 0 Å². The van der Waals surface area contributed by atoms with Gasteiger partial charge in [-0.25, -0.2) is 0 Å². The number of nitrogens with zero attached hydrogens (tertiary/aromatic N) is 1. The third-order valence-electron chi connectivity index (χ3n) is 2.32. The van der Waals surface area contributed by atoms with E-state index in [1.165, 1.54) is 0 Å². The Morgan fingerprint density at radius 1 is 1.57 bits per heavy atom. The van der Waals surface area contributed by atoms with Crippen molar-refractivity contribution in [3.8, 4) is 0 Å². The van der Waals surface area contributed by atoms with E-state index in [9.17, 15) is 4.79 Å². The molecule has 0 radical (unpaired) electrons. The summed E-state index contributed by atoms with van der Waals surface area (Å²) in [5.41, 5.74) is 0.743. The van der Waals surface area contributed by atoms with Crippen LogP contribution in [-0.2, 0) is 9.53 Å². The Balaban J connectivity index is 2.24. The molecule has 14 heavy (non-hydrogen) atoms. The summed E-state index contributed by atoms with van der Waals surface area (Å²) in [7, 11) is 1.76. The highest BCUT2D eigenvalue weighted by Gasteiger charge is 2.30. The van der Waals surface area contributed by atoms with E-state index in [4.69, 9.17) is 4.74 Å². The van der Waals surface area contributed by atoms with Gasteiger partial charge in [-0.3, -0.25) is 4.79 Å². The van der Waals surface area contributed by atoms with Crippen LogP contribution in [0, 0.1) is 5.92 Å². The van der Waals surface area contributed by atoms with Crippen molar-refractivity contribution in [2.45, 2.75) is 26.2 Å². The molecular formula is C11H19NO2. The standard InChI is InChI=1S/C11H19NO2/c1-4-7-14-8-12(3)11(13)9(2)10-5-6-10/h10H,2,4-8H2,1,3H3. The second-order valence-electron chi connectivity index (χ2n) is 3.84. The number of carbonyl (C=O) groups is 1. The molecule has 0 aromatic heterocycles. The van der Waals surface area contributed by atoms with Gasteiger partial charge >= 0.3 is 0 Å². The summed E-state index contributed by atoms with van der Waals surface area (Å²) in [6.45, 7) is 6.94. The number of carbonyl (C=O) groups excluding carboxylic acids is 1. The van der Waals surface area contributed by atoms with Crippen LogP contribution in [0.15, 0.2) is 12.2 Å². The van der Waals surface area contributed by atoms with Crippen LogP contribution in [0.3, 0.4) is 0 Å². The number of hydrogen-bond acceptors (Lipinski definition) is 2. The molecule has 3 heteroatoms. The van der Waals surface area contributed by atoms with E-state index >= 15 is 0 Å². The van der Waals surface area contributed by atoms with Crippen molar-refractivity contribution in [2.75, 3.05) is 20.4 Å². The molecule has 0 aliphatic heterocycles. The summed E-state index contributed by atoms with van der Waals surface area (Å²) < 4.78 is 5.28. The minimum Gasteiger partial charge on any atom is -0.361 e. The molecule has 0 spiro atoms. The van der Waals surface area contributed by atoms with Gasteiger partial charge in [-0.2, -0.15) is 0 Å². The van der Waals surface area contributed by atoms with Gasteiger partial charge in [-0.1, -0.05) is 13.5 Å². The number of rotatable bonds is 6. The minimum absolute atomic E-state index is 0.0311. The van der Waals surface area contributed by atoms with Gasteiger partial charge in [0, 0.05) is 19.2 Å². The topological polar surface area (TPSA) is 29.5 Å². The maximum atomic E-state index is 11.7. The van der Waals surface area contributed by atoms with Crippen molar-refractivity contribution in [1.29, 1.82) is 0 Å². The van der Waals surface area contributed by atoms with Crippen molar-refractivity contribution in [1.82, 2.24) is 4.90 Å². The third kappa shape index (κ3) is 3.14. The zero-order valence-electron chi connectivity index (χ0n) is 9.08. The maximum absolute atomic E-state index is 11.7. The Kier molecular flexibility index (Phi) is 4.14. The molecule has 1 amide bonds. The molecule has 0 saturated heterocycles. The SMILES string of the molecule is C=C(C(=O)N(C)COCCC)C1CC1.